The largest absolute Gasteiger partial charge is 0.389 e. The lowest BCUT2D eigenvalue weighted by atomic mass is 9.71. The minimum atomic E-state index is -2.85. The molecule has 0 radical (unpaired) electrons. The highest BCUT2D eigenvalue weighted by molar-refractivity contribution is 7.91. The van der Waals surface area contributed by atoms with Gasteiger partial charge >= 0.3 is 6.03 Å². The topological polar surface area (TPSA) is 86.7 Å². The highest BCUT2D eigenvalue weighted by Gasteiger charge is 2.43. The van der Waals surface area contributed by atoms with E-state index in [1.807, 2.05) is 4.90 Å². The molecule has 1 saturated carbocycles. The molecule has 0 spiro atoms. The van der Waals surface area contributed by atoms with Gasteiger partial charge in [-0.05, 0) is 38.0 Å². The molecule has 2 amide bonds. The molecule has 1 aliphatic carbocycles. The van der Waals surface area contributed by atoms with Crippen LogP contribution in [0.25, 0.3) is 0 Å². The number of urea groups is 1. The van der Waals surface area contributed by atoms with Crippen molar-refractivity contribution in [3.05, 3.63) is 0 Å². The van der Waals surface area contributed by atoms with E-state index in [2.05, 4.69) is 5.32 Å². The molecule has 3 fully saturated rings. The summed E-state index contributed by atoms with van der Waals surface area (Å²) < 4.78 is 22.9. The molecular weight excluding hydrogens is 316 g/mol. The molecule has 23 heavy (non-hydrogen) atoms. The lowest BCUT2D eigenvalue weighted by Crippen LogP contribution is -2.56. The van der Waals surface area contributed by atoms with E-state index in [1.54, 1.807) is 0 Å². The molecule has 2 N–H and O–H groups in total. The summed E-state index contributed by atoms with van der Waals surface area (Å²) in [6, 6.07) is -0.0638. The van der Waals surface area contributed by atoms with Gasteiger partial charge in [-0.2, -0.15) is 0 Å². The third-order valence-electron chi connectivity index (χ3n) is 5.93. The van der Waals surface area contributed by atoms with Gasteiger partial charge in [0.2, 0.25) is 0 Å². The summed E-state index contributed by atoms with van der Waals surface area (Å²) in [5.74, 6) is 0.952. The van der Waals surface area contributed by atoms with Crippen molar-refractivity contribution in [2.45, 2.75) is 50.5 Å². The number of piperidine rings is 1. The van der Waals surface area contributed by atoms with Gasteiger partial charge in [0.1, 0.15) is 9.84 Å². The molecular formula is C16H28N2O4S. The Morgan fingerprint density at radius 3 is 2.65 bits per heavy atom. The molecule has 0 aromatic carbocycles. The van der Waals surface area contributed by atoms with Crippen LogP contribution in [0.2, 0.25) is 0 Å². The summed E-state index contributed by atoms with van der Waals surface area (Å²) in [7, 11) is -2.85. The Balaban J connectivity index is 1.46. The second-order valence-corrected chi connectivity index (χ2v) is 9.83. The Morgan fingerprint density at radius 1 is 1.17 bits per heavy atom. The Morgan fingerprint density at radius 2 is 1.91 bits per heavy atom. The molecule has 3 rings (SSSR count). The molecule has 0 aromatic rings. The van der Waals surface area contributed by atoms with Gasteiger partial charge in [0, 0.05) is 25.6 Å². The number of carbonyl (C=O) groups is 1. The van der Waals surface area contributed by atoms with Gasteiger partial charge in [0.15, 0.2) is 0 Å². The van der Waals surface area contributed by atoms with E-state index >= 15 is 0 Å². The molecule has 0 aromatic heterocycles. The standard InChI is InChI=1S/C16H28N2O4S/c19-15(17-11-13-4-9-23(21,22)10-5-13)18-8-7-16(20)6-2-1-3-14(16)12-18/h13-14,20H,1-12H2,(H,17,19)/t14-,16+/m0/s1. The monoisotopic (exact) mass is 344 g/mol. The normalized spacial score (nSPS) is 34.7. The van der Waals surface area contributed by atoms with E-state index < -0.39 is 15.4 Å². The molecule has 2 atom stereocenters. The van der Waals surface area contributed by atoms with Gasteiger partial charge in [-0.1, -0.05) is 12.8 Å². The van der Waals surface area contributed by atoms with Crippen molar-refractivity contribution < 1.29 is 18.3 Å². The number of nitrogens with zero attached hydrogens (tertiary/aromatic N) is 1. The van der Waals surface area contributed by atoms with E-state index in [0.29, 0.717) is 38.9 Å². The molecule has 7 heteroatoms. The number of rotatable bonds is 2. The van der Waals surface area contributed by atoms with Crippen LogP contribution in [-0.2, 0) is 9.84 Å². The number of hydrogen-bond acceptors (Lipinski definition) is 4. The smallest absolute Gasteiger partial charge is 0.317 e. The van der Waals surface area contributed by atoms with Gasteiger partial charge in [-0.3, -0.25) is 0 Å². The van der Waals surface area contributed by atoms with Crippen LogP contribution < -0.4 is 5.32 Å². The van der Waals surface area contributed by atoms with E-state index in [-0.39, 0.29) is 29.4 Å². The molecule has 0 bridgehead atoms. The molecule has 3 aliphatic rings. The zero-order chi connectivity index (χ0) is 16.5. The summed E-state index contributed by atoms with van der Waals surface area (Å²) in [6.45, 7) is 1.80. The molecule has 0 unspecified atom stereocenters. The first-order valence-corrected chi connectivity index (χ1v) is 10.7. The fourth-order valence-electron chi connectivity index (χ4n) is 4.24. The number of likely N-dealkylation sites (tertiary alicyclic amines) is 1. The van der Waals surface area contributed by atoms with Gasteiger partial charge < -0.3 is 15.3 Å². The maximum absolute atomic E-state index is 12.4. The second-order valence-electron chi connectivity index (χ2n) is 7.52. The van der Waals surface area contributed by atoms with Crippen molar-refractivity contribution in [1.29, 1.82) is 0 Å². The molecule has 2 aliphatic heterocycles. The van der Waals surface area contributed by atoms with E-state index in [0.717, 1.165) is 25.7 Å². The number of sulfone groups is 1. The van der Waals surface area contributed by atoms with Crippen LogP contribution in [0.4, 0.5) is 4.79 Å². The zero-order valence-corrected chi connectivity index (χ0v) is 14.5. The minimum absolute atomic E-state index is 0.0638. The maximum Gasteiger partial charge on any atom is 0.317 e. The number of aliphatic hydroxyl groups is 1. The highest BCUT2D eigenvalue weighted by atomic mass is 32.2. The average molecular weight is 344 g/mol. The lowest BCUT2D eigenvalue weighted by molar-refractivity contribution is -0.0870. The SMILES string of the molecule is O=C(NCC1CCS(=O)(=O)CC1)N1CC[C@]2(O)CCCC[C@H]2C1. The van der Waals surface area contributed by atoms with Gasteiger partial charge in [0.05, 0.1) is 17.1 Å². The quantitative estimate of drug-likeness (QED) is 0.787. The Labute approximate surface area is 138 Å². The number of carbonyl (C=O) groups excluding carboxylic acids is 1. The molecule has 2 saturated heterocycles. The maximum atomic E-state index is 12.4. The van der Waals surface area contributed by atoms with Crippen molar-refractivity contribution in [3.63, 3.8) is 0 Å². The predicted octanol–water partition coefficient (Wildman–Crippen LogP) is 1.15. The molecule has 132 valence electrons. The van der Waals surface area contributed by atoms with Crippen LogP contribution in [0.5, 0.6) is 0 Å². The number of fused-ring (bicyclic) bond motifs is 1. The van der Waals surface area contributed by atoms with Crippen molar-refractivity contribution in [2.24, 2.45) is 11.8 Å². The highest BCUT2D eigenvalue weighted by Crippen LogP contribution is 2.39. The third-order valence-corrected chi connectivity index (χ3v) is 7.65. The van der Waals surface area contributed by atoms with Crippen LogP contribution in [0.1, 0.15) is 44.9 Å². The van der Waals surface area contributed by atoms with Gasteiger partial charge in [0.25, 0.3) is 0 Å². The fraction of sp³-hybridized carbons (Fsp3) is 0.938. The molecule has 6 nitrogen and oxygen atoms in total. The van der Waals surface area contributed by atoms with Gasteiger partial charge in [-0.15, -0.1) is 0 Å². The number of nitrogens with one attached hydrogen (secondary N) is 1. The van der Waals surface area contributed by atoms with Crippen LogP contribution in [-0.4, -0.2) is 61.2 Å². The number of hydrogen-bond donors (Lipinski definition) is 2. The van der Waals surface area contributed by atoms with Crippen molar-refractivity contribution in [2.75, 3.05) is 31.1 Å². The first-order chi connectivity index (χ1) is 10.9. The van der Waals surface area contributed by atoms with Gasteiger partial charge in [-0.25, -0.2) is 13.2 Å². The zero-order valence-electron chi connectivity index (χ0n) is 13.7. The van der Waals surface area contributed by atoms with Crippen LogP contribution >= 0.6 is 0 Å². The first-order valence-electron chi connectivity index (χ1n) is 8.84. The predicted molar refractivity (Wildman–Crippen MR) is 87.9 cm³/mol. The first kappa shape index (κ1) is 17.0. The van der Waals surface area contributed by atoms with E-state index in [1.165, 1.54) is 0 Å². The minimum Gasteiger partial charge on any atom is -0.389 e. The summed E-state index contributed by atoms with van der Waals surface area (Å²) in [5, 5.41) is 13.6. The average Bonchev–Trinajstić information content (AvgIpc) is 2.52. The van der Waals surface area contributed by atoms with E-state index in [4.69, 9.17) is 0 Å². The Kier molecular flexibility index (Phi) is 4.88. The van der Waals surface area contributed by atoms with E-state index in [9.17, 15) is 18.3 Å². The Hall–Kier alpha value is -0.820. The summed E-state index contributed by atoms with van der Waals surface area (Å²) in [6.07, 6.45) is 6.05. The van der Waals surface area contributed by atoms with Crippen LogP contribution in [0.3, 0.4) is 0 Å². The Bertz CT molecular complexity index is 536. The summed E-state index contributed by atoms with van der Waals surface area (Å²) in [4.78, 5) is 14.2. The van der Waals surface area contributed by atoms with Crippen molar-refractivity contribution >= 4 is 15.9 Å². The third kappa shape index (κ3) is 3.99. The summed E-state index contributed by atoms with van der Waals surface area (Å²) in [5.41, 5.74) is -0.563. The van der Waals surface area contributed by atoms with Crippen molar-refractivity contribution in [3.8, 4) is 0 Å². The fourth-order valence-corrected chi connectivity index (χ4v) is 5.83. The van der Waals surface area contributed by atoms with Crippen molar-refractivity contribution in [1.82, 2.24) is 10.2 Å². The number of amides is 2. The van der Waals surface area contributed by atoms with Crippen LogP contribution in [0.15, 0.2) is 0 Å². The lowest BCUT2D eigenvalue weighted by Gasteiger charge is -2.47. The van der Waals surface area contributed by atoms with Crippen LogP contribution in [0, 0.1) is 11.8 Å². The second kappa shape index (κ2) is 6.59. The summed E-state index contributed by atoms with van der Waals surface area (Å²) >= 11 is 0. The molecule has 2 heterocycles.